The summed E-state index contributed by atoms with van der Waals surface area (Å²) in [5.41, 5.74) is 6.10. The summed E-state index contributed by atoms with van der Waals surface area (Å²) >= 11 is 0. The Morgan fingerprint density at radius 1 is 1.61 bits per heavy atom. The molecule has 0 amide bonds. The van der Waals surface area contributed by atoms with E-state index in [9.17, 15) is 0 Å². The van der Waals surface area contributed by atoms with Gasteiger partial charge in [0.05, 0.1) is 17.9 Å². The lowest BCUT2D eigenvalue weighted by molar-refractivity contribution is -0.0111. The van der Waals surface area contributed by atoms with Crippen molar-refractivity contribution < 1.29 is 14.7 Å². The topological polar surface area (TPSA) is 90.0 Å². The summed E-state index contributed by atoms with van der Waals surface area (Å²) < 4.78 is 11.2. The highest BCUT2D eigenvalue weighted by molar-refractivity contribution is 5.99. The summed E-state index contributed by atoms with van der Waals surface area (Å²) in [7, 11) is 0. The van der Waals surface area contributed by atoms with Crippen LogP contribution in [0.2, 0.25) is 0 Å². The first-order chi connectivity index (χ1) is 8.81. The molecule has 1 aromatic heterocycles. The predicted octanol–water partition coefficient (Wildman–Crippen LogP) is 1.12. The average molecular weight is 251 g/mol. The van der Waals surface area contributed by atoms with E-state index >= 15 is 0 Å². The second-order valence-corrected chi connectivity index (χ2v) is 4.16. The number of nitrogens with zero attached hydrogens (tertiary/aromatic N) is 2. The monoisotopic (exact) mass is 251 g/mol. The van der Waals surface area contributed by atoms with Crippen LogP contribution in [0.3, 0.4) is 0 Å². The first kappa shape index (κ1) is 12.6. The van der Waals surface area contributed by atoms with Crippen LogP contribution >= 0.6 is 0 Å². The molecule has 1 aliphatic heterocycles. The molecule has 0 bridgehead atoms. The van der Waals surface area contributed by atoms with E-state index in [4.69, 9.17) is 20.4 Å². The quantitative estimate of drug-likeness (QED) is 0.362. The zero-order chi connectivity index (χ0) is 12.8. The van der Waals surface area contributed by atoms with Gasteiger partial charge >= 0.3 is 0 Å². The fraction of sp³-hybridized carbons (Fsp3) is 0.500. The van der Waals surface area contributed by atoms with Crippen LogP contribution < -0.4 is 10.5 Å². The van der Waals surface area contributed by atoms with Crippen LogP contribution in [0, 0.1) is 0 Å². The molecule has 3 N–H and O–H groups in total. The van der Waals surface area contributed by atoms with E-state index in [1.165, 1.54) is 0 Å². The van der Waals surface area contributed by atoms with E-state index in [2.05, 4.69) is 10.1 Å². The molecule has 1 fully saturated rings. The summed E-state index contributed by atoms with van der Waals surface area (Å²) in [5.74, 6) is 0.513. The first-order valence-electron chi connectivity index (χ1n) is 5.97. The number of nitrogens with two attached hydrogens (primary N) is 1. The molecule has 18 heavy (non-hydrogen) atoms. The Kier molecular flexibility index (Phi) is 4.35. The molecule has 1 aliphatic rings. The molecule has 1 unspecified atom stereocenters. The van der Waals surface area contributed by atoms with E-state index in [-0.39, 0.29) is 11.9 Å². The number of hydrogen-bond acceptors (Lipinski definition) is 5. The standard InChI is InChI=1S/C12H17N3O3/c13-12(15-16)10-4-5-14-7-11(10)18-8-9-3-1-2-6-17-9/h4-5,7,9,16H,1-3,6,8H2,(H2,13,15). The lowest BCUT2D eigenvalue weighted by Crippen LogP contribution is -2.26. The molecule has 0 aliphatic carbocycles. The van der Waals surface area contributed by atoms with Gasteiger partial charge in [-0.3, -0.25) is 4.98 Å². The summed E-state index contributed by atoms with van der Waals surface area (Å²) in [6.07, 6.45) is 6.50. The van der Waals surface area contributed by atoms with Crippen LogP contribution in [0.4, 0.5) is 0 Å². The molecular weight excluding hydrogens is 234 g/mol. The normalized spacial score (nSPS) is 20.7. The maximum atomic E-state index is 8.69. The maximum absolute atomic E-state index is 8.69. The zero-order valence-electron chi connectivity index (χ0n) is 10.1. The SMILES string of the molecule is N/C(=N/O)c1ccncc1OCC1CCCCO1. The molecule has 6 heteroatoms. The molecule has 1 aromatic rings. The lowest BCUT2D eigenvalue weighted by atomic mass is 10.1. The van der Waals surface area contributed by atoms with E-state index < -0.39 is 0 Å². The van der Waals surface area contributed by atoms with E-state index in [0.29, 0.717) is 17.9 Å². The van der Waals surface area contributed by atoms with Crippen LogP contribution in [0.5, 0.6) is 5.75 Å². The van der Waals surface area contributed by atoms with Gasteiger partial charge in [-0.15, -0.1) is 0 Å². The van der Waals surface area contributed by atoms with E-state index in [1.807, 2.05) is 0 Å². The molecule has 2 rings (SSSR count). The van der Waals surface area contributed by atoms with Gasteiger partial charge in [0.25, 0.3) is 0 Å². The molecular formula is C12H17N3O3. The number of aromatic nitrogens is 1. The largest absolute Gasteiger partial charge is 0.488 e. The van der Waals surface area contributed by atoms with Gasteiger partial charge in [0.15, 0.2) is 5.84 Å². The van der Waals surface area contributed by atoms with Crippen LogP contribution in [0.1, 0.15) is 24.8 Å². The Hall–Kier alpha value is -1.82. The van der Waals surface area contributed by atoms with Crippen molar-refractivity contribution in [1.82, 2.24) is 4.98 Å². The highest BCUT2D eigenvalue weighted by Gasteiger charge is 2.16. The molecule has 0 spiro atoms. The maximum Gasteiger partial charge on any atom is 0.173 e. The van der Waals surface area contributed by atoms with Gasteiger partial charge in [0.2, 0.25) is 0 Å². The van der Waals surface area contributed by atoms with Crippen molar-refractivity contribution in [2.75, 3.05) is 13.2 Å². The molecule has 1 saturated heterocycles. The summed E-state index contributed by atoms with van der Waals surface area (Å²) in [4.78, 5) is 3.97. The van der Waals surface area contributed by atoms with Crippen molar-refractivity contribution in [3.05, 3.63) is 24.0 Å². The summed E-state index contributed by atoms with van der Waals surface area (Å²) in [5, 5.41) is 11.7. The molecule has 6 nitrogen and oxygen atoms in total. The second-order valence-electron chi connectivity index (χ2n) is 4.16. The van der Waals surface area contributed by atoms with Crippen LogP contribution in [-0.2, 0) is 4.74 Å². The van der Waals surface area contributed by atoms with Gasteiger partial charge in [0, 0.05) is 12.8 Å². The number of ether oxygens (including phenoxy) is 2. The third-order valence-corrected chi connectivity index (χ3v) is 2.87. The third kappa shape index (κ3) is 3.10. The van der Waals surface area contributed by atoms with Crippen LogP contribution in [-0.4, -0.2) is 35.3 Å². The van der Waals surface area contributed by atoms with Gasteiger partial charge in [-0.2, -0.15) is 0 Å². The van der Waals surface area contributed by atoms with Gasteiger partial charge in [-0.25, -0.2) is 0 Å². The highest BCUT2D eigenvalue weighted by Crippen LogP contribution is 2.19. The van der Waals surface area contributed by atoms with Crippen LogP contribution in [0.25, 0.3) is 0 Å². The predicted molar refractivity (Wildman–Crippen MR) is 65.8 cm³/mol. The van der Waals surface area contributed by atoms with Gasteiger partial charge in [-0.05, 0) is 25.3 Å². The zero-order valence-corrected chi connectivity index (χ0v) is 10.1. The molecule has 1 atom stereocenters. The third-order valence-electron chi connectivity index (χ3n) is 2.87. The minimum Gasteiger partial charge on any atom is -0.488 e. The summed E-state index contributed by atoms with van der Waals surface area (Å²) in [6.45, 7) is 1.24. The van der Waals surface area contributed by atoms with E-state index in [0.717, 1.165) is 25.9 Å². The minimum absolute atomic E-state index is 0.0111. The first-order valence-corrected chi connectivity index (χ1v) is 5.97. The average Bonchev–Trinajstić information content (AvgIpc) is 2.45. The molecule has 2 heterocycles. The van der Waals surface area contributed by atoms with Gasteiger partial charge < -0.3 is 20.4 Å². The van der Waals surface area contributed by atoms with Gasteiger partial charge in [-0.1, -0.05) is 5.16 Å². The Labute approximate surface area is 105 Å². The number of amidine groups is 1. The fourth-order valence-corrected chi connectivity index (χ4v) is 1.88. The number of pyridine rings is 1. The van der Waals surface area contributed by atoms with Crippen molar-refractivity contribution in [3.8, 4) is 5.75 Å². The fourth-order valence-electron chi connectivity index (χ4n) is 1.88. The molecule has 98 valence electrons. The lowest BCUT2D eigenvalue weighted by Gasteiger charge is -2.23. The molecule has 0 saturated carbocycles. The minimum atomic E-state index is 0.0111. The van der Waals surface area contributed by atoms with Crippen molar-refractivity contribution in [2.24, 2.45) is 10.9 Å². The number of rotatable bonds is 4. The Balaban J connectivity index is 2.00. The summed E-state index contributed by atoms with van der Waals surface area (Å²) in [6, 6.07) is 1.64. The Morgan fingerprint density at radius 2 is 2.50 bits per heavy atom. The Bertz CT molecular complexity index is 417. The van der Waals surface area contributed by atoms with Crippen molar-refractivity contribution in [2.45, 2.75) is 25.4 Å². The van der Waals surface area contributed by atoms with E-state index in [1.54, 1.807) is 18.5 Å². The van der Waals surface area contributed by atoms with Crippen LogP contribution in [0.15, 0.2) is 23.6 Å². The van der Waals surface area contributed by atoms with Crippen molar-refractivity contribution in [1.29, 1.82) is 0 Å². The van der Waals surface area contributed by atoms with Crippen molar-refractivity contribution in [3.63, 3.8) is 0 Å². The second kappa shape index (κ2) is 6.20. The number of oxime groups is 1. The highest BCUT2D eigenvalue weighted by atomic mass is 16.5. The van der Waals surface area contributed by atoms with Crippen molar-refractivity contribution >= 4 is 5.84 Å². The van der Waals surface area contributed by atoms with Gasteiger partial charge in [0.1, 0.15) is 12.4 Å². The molecule has 0 aromatic carbocycles. The Morgan fingerprint density at radius 3 is 3.22 bits per heavy atom. The smallest absolute Gasteiger partial charge is 0.173 e. The molecule has 0 radical (unpaired) electrons. The number of hydrogen-bond donors (Lipinski definition) is 2.